The monoisotopic (exact) mass is 266 g/mol. The van der Waals surface area contributed by atoms with Gasteiger partial charge in [-0.2, -0.15) is 0 Å². The molecule has 1 atom stereocenters. The van der Waals surface area contributed by atoms with E-state index in [0.717, 1.165) is 24.2 Å². The summed E-state index contributed by atoms with van der Waals surface area (Å²) in [5.74, 6) is 0.147. The lowest BCUT2D eigenvalue weighted by Gasteiger charge is -2.20. The summed E-state index contributed by atoms with van der Waals surface area (Å²) < 4.78 is 0. The Morgan fingerprint density at radius 1 is 1.44 bits per heavy atom. The van der Waals surface area contributed by atoms with E-state index in [1.54, 1.807) is 0 Å². The number of hydrogen-bond donors (Lipinski definition) is 1. The van der Waals surface area contributed by atoms with Crippen LogP contribution in [0.15, 0.2) is 18.2 Å². The molecular weight excluding hydrogens is 248 g/mol. The number of aryl methyl sites for hydroxylation is 1. The number of rotatable bonds is 3. The minimum absolute atomic E-state index is 0.0663. The lowest BCUT2D eigenvalue weighted by molar-refractivity contribution is -0.118. The van der Waals surface area contributed by atoms with E-state index in [-0.39, 0.29) is 11.9 Å². The third-order valence-corrected chi connectivity index (χ3v) is 3.44. The Labute approximate surface area is 113 Å². The van der Waals surface area contributed by atoms with Crippen molar-refractivity contribution in [2.24, 2.45) is 0 Å². The maximum Gasteiger partial charge on any atom is 0.244 e. The van der Waals surface area contributed by atoms with E-state index in [9.17, 15) is 4.79 Å². The summed E-state index contributed by atoms with van der Waals surface area (Å²) in [5, 5.41) is 3.97. The van der Waals surface area contributed by atoms with E-state index in [2.05, 4.69) is 19.2 Å². The fourth-order valence-electron chi connectivity index (χ4n) is 2.35. The minimum atomic E-state index is -0.0663. The zero-order chi connectivity index (χ0) is 13.3. The van der Waals surface area contributed by atoms with E-state index < -0.39 is 0 Å². The Morgan fingerprint density at radius 3 is 2.83 bits per heavy atom. The van der Waals surface area contributed by atoms with Crippen LogP contribution in [0.5, 0.6) is 0 Å². The zero-order valence-corrected chi connectivity index (χ0v) is 11.8. The Balaban J connectivity index is 2.20. The summed E-state index contributed by atoms with van der Waals surface area (Å²) >= 11 is 6.01. The Hall–Kier alpha value is -1.06. The molecule has 1 N–H and O–H groups in total. The third-order valence-electron chi connectivity index (χ3n) is 3.20. The van der Waals surface area contributed by atoms with E-state index in [1.807, 2.05) is 30.0 Å². The smallest absolute Gasteiger partial charge is 0.244 e. The van der Waals surface area contributed by atoms with Gasteiger partial charge in [-0.25, -0.2) is 0 Å². The number of nitrogens with zero attached hydrogens (tertiary/aromatic N) is 1. The van der Waals surface area contributed by atoms with E-state index in [0.29, 0.717) is 11.1 Å². The van der Waals surface area contributed by atoms with Crippen molar-refractivity contribution in [3.8, 4) is 0 Å². The van der Waals surface area contributed by atoms with Crippen LogP contribution in [0.1, 0.15) is 25.8 Å². The molecule has 1 aromatic rings. The molecule has 0 aliphatic carbocycles. The van der Waals surface area contributed by atoms with Crippen LogP contribution >= 0.6 is 11.6 Å². The number of nitrogens with one attached hydrogen (secondary N) is 1. The van der Waals surface area contributed by atoms with Crippen LogP contribution in [-0.2, 0) is 4.79 Å². The fourth-order valence-corrected chi connectivity index (χ4v) is 2.52. The first-order valence-corrected chi connectivity index (χ1v) is 6.70. The molecule has 98 valence electrons. The first-order chi connectivity index (χ1) is 8.49. The molecule has 1 saturated heterocycles. The molecule has 18 heavy (non-hydrogen) atoms. The minimum Gasteiger partial charge on any atom is -0.311 e. The van der Waals surface area contributed by atoms with Gasteiger partial charge in [0.25, 0.3) is 0 Å². The van der Waals surface area contributed by atoms with Gasteiger partial charge >= 0.3 is 0 Å². The summed E-state index contributed by atoms with van der Waals surface area (Å²) in [4.78, 5) is 14.2. The molecule has 1 aromatic carbocycles. The van der Waals surface area contributed by atoms with Crippen LogP contribution < -0.4 is 10.2 Å². The summed E-state index contributed by atoms with van der Waals surface area (Å²) in [7, 11) is 0. The molecule has 1 aliphatic heterocycles. The average Bonchev–Trinajstić information content (AvgIpc) is 2.64. The van der Waals surface area contributed by atoms with Gasteiger partial charge in [0.2, 0.25) is 5.91 Å². The third kappa shape index (κ3) is 2.68. The highest BCUT2D eigenvalue weighted by molar-refractivity contribution is 6.31. The second-order valence-corrected chi connectivity index (χ2v) is 5.52. The van der Waals surface area contributed by atoms with Crippen LogP contribution in [0.25, 0.3) is 0 Å². The van der Waals surface area contributed by atoms with Gasteiger partial charge in [0.05, 0.1) is 6.04 Å². The Bertz CT molecular complexity index is 459. The van der Waals surface area contributed by atoms with E-state index in [1.165, 1.54) is 0 Å². The number of amides is 1. The molecule has 1 heterocycles. The van der Waals surface area contributed by atoms with Crippen molar-refractivity contribution >= 4 is 23.2 Å². The summed E-state index contributed by atoms with van der Waals surface area (Å²) in [5.41, 5.74) is 2.01. The highest BCUT2D eigenvalue weighted by atomic mass is 35.5. The van der Waals surface area contributed by atoms with Crippen molar-refractivity contribution in [3.05, 3.63) is 28.8 Å². The number of benzene rings is 1. The largest absolute Gasteiger partial charge is 0.311 e. The number of anilines is 1. The molecule has 4 heteroatoms. The molecule has 1 amide bonds. The molecule has 1 fully saturated rings. The first-order valence-electron chi connectivity index (χ1n) is 6.32. The molecule has 2 rings (SSSR count). The average molecular weight is 267 g/mol. The highest BCUT2D eigenvalue weighted by Gasteiger charge is 2.33. The first kappa shape index (κ1) is 13.4. The van der Waals surface area contributed by atoms with Gasteiger partial charge in [-0.05, 0) is 31.0 Å². The molecule has 0 spiro atoms. The molecule has 0 aromatic heterocycles. The number of hydrogen-bond acceptors (Lipinski definition) is 2. The topological polar surface area (TPSA) is 32.3 Å². The lowest BCUT2D eigenvalue weighted by atomic mass is 10.2. The number of halogens is 1. The lowest BCUT2D eigenvalue weighted by Crippen LogP contribution is -2.41. The van der Waals surface area contributed by atoms with Crippen molar-refractivity contribution in [3.63, 3.8) is 0 Å². The van der Waals surface area contributed by atoms with Crippen LogP contribution in [-0.4, -0.2) is 24.5 Å². The van der Waals surface area contributed by atoms with E-state index >= 15 is 0 Å². The SMILES string of the molecule is Cc1ccc(Cl)cc1N1CCC(NC(C)C)C1=O. The van der Waals surface area contributed by atoms with Crippen molar-refractivity contribution in [2.75, 3.05) is 11.4 Å². The molecule has 0 bridgehead atoms. The zero-order valence-electron chi connectivity index (χ0n) is 11.0. The quantitative estimate of drug-likeness (QED) is 0.912. The fraction of sp³-hybridized carbons (Fsp3) is 0.500. The number of carbonyl (C=O) groups excluding carboxylic acids is 1. The van der Waals surface area contributed by atoms with Crippen molar-refractivity contribution in [2.45, 2.75) is 39.3 Å². The Kier molecular flexibility index (Phi) is 3.93. The van der Waals surface area contributed by atoms with Crippen molar-refractivity contribution < 1.29 is 4.79 Å². The van der Waals surface area contributed by atoms with Gasteiger partial charge in [-0.15, -0.1) is 0 Å². The van der Waals surface area contributed by atoms with Crippen LogP contribution in [0.4, 0.5) is 5.69 Å². The number of carbonyl (C=O) groups is 1. The normalized spacial score (nSPS) is 19.9. The van der Waals surface area contributed by atoms with Gasteiger partial charge in [-0.1, -0.05) is 31.5 Å². The molecule has 0 radical (unpaired) electrons. The summed E-state index contributed by atoms with van der Waals surface area (Å²) in [6.45, 7) is 6.87. The predicted molar refractivity (Wildman–Crippen MR) is 75.2 cm³/mol. The van der Waals surface area contributed by atoms with Crippen LogP contribution in [0.3, 0.4) is 0 Å². The molecule has 0 saturated carbocycles. The summed E-state index contributed by atoms with van der Waals surface area (Å²) in [6, 6.07) is 5.92. The standard InChI is InChI=1S/C14H19ClN2O/c1-9(2)16-12-6-7-17(14(12)18)13-8-11(15)5-4-10(13)3/h4-5,8-9,12,16H,6-7H2,1-3H3. The van der Waals surface area contributed by atoms with Crippen LogP contribution in [0, 0.1) is 6.92 Å². The van der Waals surface area contributed by atoms with Crippen LogP contribution in [0.2, 0.25) is 5.02 Å². The van der Waals surface area contributed by atoms with Gasteiger partial charge in [0.1, 0.15) is 0 Å². The molecule has 1 aliphatic rings. The van der Waals surface area contributed by atoms with Gasteiger partial charge < -0.3 is 10.2 Å². The van der Waals surface area contributed by atoms with Crippen molar-refractivity contribution in [1.82, 2.24) is 5.32 Å². The maximum atomic E-state index is 12.3. The molecule has 3 nitrogen and oxygen atoms in total. The van der Waals surface area contributed by atoms with Gasteiger partial charge in [0, 0.05) is 23.3 Å². The van der Waals surface area contributed by atoms with Gasteiger partial charge in [0.15, 0.2) is 0 Å². The molecular formula is C14H19ClN2O. The summed E-state index contributed by atoms with van der Waals surface area (Å²) in [6.07, 6.45) is 0.850. The van der Waals surface area contributed by atoms with Crippen molar-refractivity contribution in [1.29, 1.82) is 0 Å². The Morgan fingerprint density at radius 2 is 2.17 bits per heavy atom. The maximum absolute atomic E-state index is 12.3. The van der Waals surface area contributed by atoms with E-state index in [4.69, 9.17) is 11.6 Å². The second-order valence-electron chi connectivity index (χ2n) is 5.08. The highest BCUT2D eigenvalue weighted by Crippen LogP contribution is 2.28. The molecule has 1 unspecified atom stereocenters. The predicted octanol–water partition coefficient (Wildman–Crippen LogP) is 2.75. The van der Waals surface area contributed by atoms with Gasteiger partial charge in [-0.3, -0.25) is 4.79 Å². The second kappa shape index (κ2) is 5.29.